The Bertz CT molecular complexity index is 2430. The van der Waals surface area contributed by atoms with Crippen LogP contribution in [0.3, 0.4) is 0 Å². The molecule has 49 heavy (non-hydrogen) atoms. The first-order valence-electron chi connectivity index (χ1n) is 16.8. The van der Waals surface area contributed by atoms with Crippen molar-refractivity contribution < 1.29 is 24.2 Å². The molecule has 0 saturated carbocycles. The Morgan fingerprint density at radius 3 is 1.61 bits per heavy atom. The second-order valence-electron chi connectivity index (χ2n) is 12.8. The summed E-state index contributed by atoms with van der Waals surface area (Å²) in [6.07, 6.45) is 0. The zero-order valence-electron chi connectivity index (χ0n) is 28.2. The van der Waals surface area contributed by atoms with Crippen LogP contribution in [0.4, 0.5) is 0 Å². The molecule has 1 heteroatoms. The normalized spacial score (nSPS) is 10.9. The van der Waals surface area contributed by atoms with Gasteiger partial charge in [-0.2, -0.15) is 6.07 Å². The van der Waals surface area contributed by atoms with Crippen LogP contribution in [0.1, 0.15) is 27.8 Å². The molecule has 0 atom stereocenters. The third-order valence-corrected chi connectivity index (χ3v) is 10.5. The third kappa shape index (κ3) is 7.39. The van der Waals surface area contributed by atoms with E-state index in [1.165, 1.54) is 109 Å². The summed E-state index contributed by atoms with van der Waals surface area (Å²) in [5.74, 6) is 0. The first-order valence-corrected chi connectivity index (χ1v) is 18.1. The van der Waals surface area contributed by atoms with Crippen molar-refractivity contribution in [1.29, 1.82) is 0 Å². The summed E-state index contributed by atoms with van der Waals surface area (Å²) < 4.78 is 1.42. The van der Waals surface area contributed by atoms with E-state index in [-0.39, 0.29) is 0 Å². The molecule has 0 unspecified atom stereocenters. The van der Waals surface area contributed by atoms with E-state index in [1.807, 2.05) is 0 Å². The fourth-order valence-corrected chi connectivity index (χ4v) is 7.45. The van der Waals surface area contributed by atoms with Gasteiger partial charge in [-0.25, -0.2) is 0 Å². The van der Waals surface area contributed by atoms with Gasteiger partial charge in [-0.15, -0.1) is 74.3 Å². The molecule has 0 amide bonds. The van der Waals surface area contributed by atoms with E-state index < -0.39 is 0 Å². The number of benzene rings is 7. The molecule has 0 radical (unpaired) electrons. The van der Waals surface area contributed by atoms with Gasteiger partial charge in [0.1, 0.15) is 0 Å². The van der Waals surface area contributed by atoms with Crippen LogP contribution in [0, 0.1) is 20.8 Å². The molecule has 0 spiro atoms. The molecule has 0 nitrogen and oxygen atoms in total. The van der Waals surface area contributed by atoms with Crippen molar-refractivity contribution in [1.82, 2.24) is 0 Å². The molecule has 234 valence electrons. The molecule has 0 heterocycles. The van der Waals surface area contributed by atoms with Gasteiger partial charge in [0.25, 0.3) is 0 Å². The molecule has 9 rings (SSSR count). The molecule has 9 aromatic carbocycles. The van der Waals surface area contributed by atoms with E-state index in [9.17, 15) is 0 Å². The molecule has 0 aliphatic heterocycles. The van der Waals surface area contributed by atoms with Crippen LogP contribution in [0.2, 0.25) is 0 Å². The monoisotopic (exact) mass is 704 g/mol. The van der Waals surface area contributed by atoms with Crippen molar-refractivity contribution in [2.24, 2.45) is 0 Å². The second-order valence-corrected chi connectivity index (χ2v) is 14.1. The fraction of sp³-hybridized carbons (Fsp3) is 0.0625. The minimum absolute atomic E-state index is 1.29. The van der Waals surface area contributed by atoms with Crippen molar-refractivity contribution in [2.75, 3.05) is 0 Å². The first-order chi connectivity index (χ1) is 23.9. The molecular weight excluding hydrogens is 668 g/mol. The van der Waals surface area contributed by atoms with Gasteiger partial charge >= 0.3 is 99.2 Å². The zero-order valence-corrected chi connectivity index (χ0v) is 30.7. The van der Waals surface area contributed by atoms with Gasteiger partial charge in [0, 0.05) is 0 Å². The maximum absolute atomic E-state index is 2.28. The zero-order chi connectivity index (χ0) is 33.7. The van der Waals surface area contributed by atoms with Gasteiger partial charge in [0.05, 0.1) is 0 Å². The first kappa shape index (κ1) is 32.6. The molecule has 0 aliphatic carbocycles. The van der Waals surface area contributed by atoms with Crippen LogP contribution in [-0.4, -0.2) is 3.21 Å². The van der Waals surface area contributed by atoms with Gasteiger partial charge in [-0.1, -0.05) is 90.3 Å². The Hall–Kier alpha value is -4.97. The molecule has 0 bridgehead atoms. The summed E-state index contributed by atoms with van der Waals surface area (Å²) in [7, 11) is 0. The van der Waals surface area contributed by atoms with Crippen molar-refractivity contribution in [3.05, 3.63) is 204 Å². The molecule has 9 aromatic rings. The Morgan fingerprint density at radius 2 is 1.00 bits per heavy atom. The Kier molecular flexibility index (Phi) is 9.74. The van der Waals surface area contributed by atoms with Gasteiger partial charge < -0.3 is 0 Å². The molecule has 0 fully saturated rings. The van der Waals surface area contributed by atoms with Crippen LogP contribution in [0.25, 0.3) is 54.2 Å². The second kappa shape index (κ2) is 14.7. The SMILES string of the molecule is Cc1cc2c(-c3ccc4ccccc4c3)cccc2[cH-]1.Cc1ccc2c(c1)[cH-]c1cc(C)ccc12.[Zr+2]=[C](c1ccccc1)c1ccccc1. The van der Waals surface area contributed by atoms with E-state index in [0.717, 1.165) is 0 Å². The molecular formula is C48H38Zr. The summed E-state index contributed by atoms with van der Waals surface area (Å²) in [6.45, 7) is 6.44. The van der Waals surface area contributed by atoms with Gasteiger partial charge in [-0.3, -0.25) is 0 Å². The van der Waals surface area contributed by atoms with Gasteiger partial charge in [0.2, 0.25) is 0 Å². The number of aryl methyl sites for hydroxylation is 3. The van der Waals surface area contributed by atoms with Crippen molar-refractivity contribution in [3.63, 3.8) is 0 Å². The quantitative estimate of drug-likeness (QED) is 0.161. The molecule has 0 N–H and O–H groups in total. The van der Waals surface area contributed by atoms with Crippen molar-refractivity contribution in [2.45, 2.75) is 20.8 Å². The van der Waals surface area contributed by atoms with Crippen molar-refractivity contribution in [3.8, 4) is 11.1 Å². The molecule has 0 aromatic heterocycles. The average molecular weight is 706 g/mol. The van der Waals surface area contributed by atoms with E-state index in [2.05, 4.69) is 197 Å². The van der Waals surface area contributed by atoms with Gasteiger partial charge in [0.15, 0.2) is 0 Å². The molecule has 0 aliphatic rings. The van der Waals surface area contributed by atoms with Crippen LogP contribution in [-0.2, 0) is 24.2 Å². The predicted molar refractivity (Wildman–Crippen MR) is 210 cm³/mol. The summed E-state index contributed by atoms with van der Waals surface area (Å²) in [5, 5.41) is 10.7. The fourth-order valence-electron chi connectivity index (χ4n) is 6.63. The minimum atomic E-state index is 1.29. The van der Waals surface area contributed by atoms with Crippen LogP contribution in [0.5, 0.6) is 0 Å². The summed E-state index contributed by atoms with van der Waals surface area (Å²) in [4.78, 5) is 0. The predicted octanol–water partition coefficient (Wildman–Crippen LogP) is 12.8. The number of hydrogen-bond acceptors (Lipinski definition) is 0. The van der Waals surface area contributed by atoms with Crippen LogP contribution in [0.15, 0.2) is 176 Å². The van der Waals surface area contributed by atoms with E-state index in [0.29, 0.717) is 0 Å². The van der Waals surface area contributed by atoms with Crippen LogP contribution < -0.4 is 0 Å². The number of fused-ring (bicyclic) bond motifs is 5. The number of hydrogen-bond donors (Lipinski definition) is 0. The van der Waals surface area contributed by atoms with E-state index in [4.69, 9.17) is 0 Å². The maximum atomic E-state index is 2.28. The molecule has 0 saturated heterocycles. The van der Waals surface area contributed by atoms with E-state index >= 15 is 0 Å². The Labute approximate surface area is 304 Å². The number of rotatable bonds is 3. The van der Waals surface area contributed by atoms with Crippen LogP contribution >= 0.6 is 0 Å². The topological polar surface area (TPSA) is 0 Å². The van der Waals surface area contributed by atoms with Crippen molar-refractivity contribution >= 4 is 46.3 Å². The van der Waals surface area contributed by atoms with Gasteiger partial charge in [-0.05, 0) is 36.2 Å². The van der Waals surface area contributed by atoms with E-state index in [1.54, 1.807) is 0 Å². The standard InChI is InChI=1S/C20H15.C15H13.C13H10.Zr/c1-14-11-17-7-4-8-19(20(17)12-14)18-10-9-15-5-2-3-6-16(15)13-18;1-10-3-5-14-12(7-10)9-13-8-11(2)4-6-15(13)14;1-3-7-12(8-4-1)11-13-9-5-2-6-10-13;/h2-13H,1H3;3-9H,1-2H3;1-10H;/q2*-1;;+2. The third-order valence-electron chi connectivity index (χ3n) is 9.10. The Balaban J connectivity index is 0.000000118. The summed E-state index contributed by atoms with van der Waals surface area (Å²) >= 11 is 1.46. The Morgan fingerprint density at radius 1 is 0.429 bits per heavy atom. The summed E-state index contributed by atoms with van der Waals surface area (Å²) in [6, 6.07) is 63.0. The average Bonchev–Trinajstić information content (AvgIpc) is 3.70. The summed E-state index contributed by atoms with van der Waals surface area (Å²) in [5.41, 5.74) is 9.26.